The molecule has 0 amide bonds. The van der Waals surface area contributed by atoms with Gasteiger partial charge in [0.1, 0.15) is 17.2 Å². The van der Waals surface area contributed by atoms with Gasteiger partial charge in [0.2, 0.25) is 11.9 Å². The fraction of sp³-hybridized carbons (Fsp3) is 0.556. The Morgan fingerprint density at radius 3 is 2.69 bits per heavy atom. The zero-order valence-electron chi connectivity index (χ0n) is 15.1. The molecule has 2 aliphatic rings. The molecule has 0 bridgehead atoms. The van der Waals surface area contributed by atoms with Crippen molar-refractivity contribution in [2.24, 2.45) is 21.5 Å². The van der Waals surface area contributed by atoms with Crippen LogP contribution < -0.4 is 21.1 Å². The van der Waals surface area contributed by atoms with Gasteiger partial charge in [-0.3, -0.25) is 4.90 Å². The molecule has 1 aromatic rings. The van der Waals surface area contributed by atoms with Crippen molar-refractivity contribution in [1.82, 2.24) is 0 Å². The van der Waals surface area contributed by atoms with Gasteiger partial charge in [-0.2, -0.15) is 4.99 Å². The highest BCUT2D eigenvalue weighted by atomic mass is 19.1. The van der Waals surface area contributed by atoms with Gasteiger partial charge in [0.25, 0.3) is 0 Å². The van der Waals surface area contributed by atoms with Crippen LogP contribution in [0, 0.1) is 5.82 Å². The SMILES string of the molecule is COCCCOc1ccc(F)cc1N1C(N)=NC(N)=NC12CCCCC2. The van der Waals surface area contributed by atoms with E-state index in [2.05, 4.69) is 9.98 Å². The van der Waals surface area contributed by atoms with Crippen molar-refractivity contribution in [3.05, 3.63) is 24.0 Å². The van der Waals surface area contributed by atoms with E-state index in [1.54, 1.807) is 18.1 Å². The third-order valence-corrected chi connectivity index (χ3v) is 4.76. The van der Waals surface area contributed by atoms with Gasteiger partial charge in [0.15, 0.2) is 0 Å². The van der Waals surface area contributed by atoms with Crippen molar-refractivity contribution < 1.29 is 13.9 Å². The van der Waals surface area contributed by atoms with Crippen LogP contribution in [0.25, 0.3) is 0 Å². The average Bonchev–Trinajstić information content (AvgIpc) is 2.60. The zero-order chi connectivity index (χ0) is 18.6. The Balaban J connectivity index is 1.97. The lowest BCUT2D eigenvalue weighted by molar-refractivity contribution is 0.172. The van der Waals surface area contributed by atoms with E-state index in [1.807, 2.05) is 0 Å². The number of benzene rings is 1. The first-order valence-electron chi connectivity index (χ1n) is 8.97. The van der Waals surface area contributed by atoms with Crippen molar-refractivity contribution in [1.29, 1.82) is 0 Å². The summed E-state index contributed by atoms with van der Waals surface area (Å²) in [7, 11) is 1.64. The van der Waals surface area contributed by atoms with E-state index in [0.717, 1.165) is 38.5 Å². The maximum Gasteiger partial charge on any atom is 0.220 e. The molecule has 8 heteroatoms. The number of aliphatic imine (C=N–C) groups is 2. The van der Waals surface area contributed by atoms with Crippen molar-refractivity contribution in [2.45, 2.75) is 44.2 Å². The highest BCUT2D eigenvalue weighted by Gasteiger charge is 2.43. The zero-order valence-corrected chi connectivity index (χ0v) is 15.1. The van der Waals surface area contributed by atoms with Gasteiger partial charge in [-0.05, 0) is 37.8 Å². The number of hydrogen-bond donors (Lipinski definition) is 2. The number of anilines is 1. The molecule has 0 radical (unpaired) electrons. The molecular weight excluding hydrogens is 337 g/mol. The maximum absolute atomic E-state index is 14.1. The van der Waals surface area contributed by atoms with E-state index in [0.29, 0.717) is 24.7 Å². The highest BCUT2D eigenvalue weighted by molar-refractivity contribution is 6.06. The van der Waals surface area contributed by atoms with Crippen molar-refractivity contribution >= 4 is 17.6 Å². The standard InChI is InChI=1S/C18H26FN5O2/c1-25-10-5-11-26-15-7-6-13(19)12-14(15)24-17(21)22-16(20)23-18(24)8-3-2-4-9-18/h6-7,12H,2-5,8-11H2,1H3,(H4,20,21,22,23). The third kappa shape index (κ3) is 3.75. The molecule has 1 heterocycles. The van der Waals surface area contributed by atoms with Crippen molar-refractivity contribution in [2.75, 3.05) is 25.2 Å². The van der Waals surface area contributed by atoms with Crippen LogP contribution in [0.1, 0.15) is 38.5 Å². The summed E-state index contributed by atoms with van der Waals surface area (Å²) in [5.74, 6) is 0.554. The molecule has 1 fully saturated rings. The predicted molar refractivity (Wildman–Crippen MR) is 99.9 cm³/mol. The largest absolute Gasteiger partial charge is 0.491 e. The summed E-state index contributed by atoms with van der Waals surface area (Å²) in [6.07, 6.45) is 5.42. The van der Waals surface area contributed by atoms with Gasteiger partial charge in [-0.25, -0.2) is 9.38 Å². The lowest BCUT2D eigenvalue weighted by Gasteiger charge is -2.45. The van der Waals surface area contributed by atoms with Crippen LogP contribution in [-0.4, -0.2) is 37.9 Å². The van der Waals surface area contributed by atoms with Crippen LogP contribution in [-0.2, 0) is 4.74 Å². The van der Waals surface area contributed by atoms with Crippen molar-refractivity contribution in [3.8, 4) is 5.75 Å². The number of methoxy groups -OCH3 is 1. The fourth-order valence-corrected chi connectivity index (χ4v) is 3.64. The molecule has 1 aromatic carbocycles. The number of nitrogens with two attached hydrogens (primary N) is 2. The number of rotatable bonds is 6. The molecule has 1 saturated carbocycles. The normalized spacial score (nSPS) is 19.2. The van der Waals surface area contributed by atoms with E-state index in [4.69, 9.17) is 20.9 Å². The quantitative estimate of drug-likeness (QED) is 0.756. The third-order valence-electron chi connectivity index (χ3n) is 4.76. The lowest BCUT2D eigenvalue weighted by Crippen LogP contribution is -2.58. The molecule has 4 N–H and O–H groups in total. The van der Waals surface area contributed by atoms with Crippen LogP contribution in [0.5, 0.6) is 5.75 Å². The molecule has 1 aliphatic heterocycles. The van der Waals surface area contributed by atoms with E-state index >= 15 is 0 Å². The Morgan fingerprint density at radius 1 is 1.19 bits per heavy atom. The second-order valence-electron chi connectivity index (χ2n) is 6.63. The molecule has 0 saturated heterocycles. The van der Waals surface area contributed by atoms with E-state index in [1.165, 1.54) is 12.1 Å². The Hall–Kier alpha value is -2.35. The maximum atomic E-state index is 14.1. The van der Waals surface area contributed by atoms with Gasteiger partial charge in [0, 0.05) is 26.2 Å². The second-order valence-corrected chi connectivity index (χ2v) is 6.63. The molecule has 142 valence electrons. The van der Waals surface area contributed by atoms with Crippen LogP contribution >= 0.6 is 0 Å². The number of hydrogen-bond acceptors (Lipinski definition) is 7. The van der Waals surface area contributed by atoms with E-state index < -0.39 is 5.66 Å². The number of ether oxygens (including phenoxy) is 2. The monoisotopic (exact) mass is 363 g/mol. The summed E-state index contributed by atoms with van der Waals surface area (Å²) in [4.78, 5) is 10.5. The summed E-state index contributed by atoms with van der Waals surface area (Å²) in [6.45, 7) is 1.05. The average molecular weight is 363 g/mol. The molecule has 1 aliphatic carbocycles. The summed E-state index contributed by atoms with van der Waals surface area (Å²) in [6, 6.07) is 4.40. The van der Waals surface area contributed by atoms with E-state index in [-0.39, 0.29) is 17.7 Å². The molecule has 0 unspecified atom stereocenters. The summed E-state index contributed by atoms with van der Waals surface area (Å²) >= 11 is 0. The summed E-state index contributed by atoms with van der Waals surface area (Å²) in [5, 5.41) is 0. The van der Waals surface area contributed by atoms with Gasteiger partial charge in [-0.1, -0.05) is 6.42 Å². The molecule has 0 aromatic heterocycles. The molecule has 0 atom stereocenters. The summed E-state index contributed by atoms with van der Waals surface area (Å²) < 4.78 is 25.0. The number of nitrogens with zero attached hydrogens (tertiary/aromatic N) is 3. The second kappa shape index (κ2) is 7.90. The fourth-order valence-electron chi connectivity index (χ4n) is 3.64. The Kier molecular flexibility index (Phi) is 5.61. The smallest absolute Gasteiger partial charge is 0.220 e. The first-order chi connectivity index (χ1) is 12.6. The van der Waals surface area contributed by atoms with Gasteiger partial charge >= 0.3 is 0 Å². The molecule has 3 rings (SSSR count). The first kappa shape index (κ1) is 18.4. The predicted octanol–water partition coefficient (Wildman–Crippen LogP) is 2.35. The van der Waals surface area contributed by atoms with Crippen LogP contribution in [0.15, 0.2) is 28.2 Å². The molecule has 1 spiro atoms. The minimum absolute atomic E-state index is 0.166. The number of guanidine groups is 2. The Labute approximate surface area is 152 Å². The lowest BCUT2D eigenvalue weighted by atomic mass is 9.87. The van der Waals surface area contributed by atoms with Gasteiger partial charge in [0.05, 0.1) is 12.3 Å². The minimum Gasteiger partial charge on any atom is -0.491 e. The van der Waals surface area contributed by atoms with Crippen LogP contribution in [0.4, 0.5) is 10.1 Å². The highest BCUT2D eigenvalue weighted by Crippen LogP contribution is 2.42. The minimum atomic E-state index is -0.632. The summed E-state index contributed by atoms with van der Waals surface area (Å²) in [5.41, 5.74) is 12.0. The molecule has 7 nitrogen and oxygen atoms in total. The number of halogens is 1. The molecule has 26 heavy (non-hydrogen) atoms. The Bertz CT molecular complexity index is 701. The van der Waals surface area contributed by atoms with Crippen molar-refractivity contribution in [3.63, 3.8) is 0 Å². The van der Waals surface area contributed by atoms with Crippen LogP contribution in [0.2, 0.25) is 0 Å². The first-order valence-corrected chi connectivity index (χ1v) is 8.97. The Morgan fingerprint density at radius 2 is 1.96 bits per heavy atom. The van der Waals surface area contributed by atoms with Gasteiger partial charge < -0.3 is 20.9 Å². The molecular formula is C18H26FN5O2. The van der Waals surface area contributed by atoms with Crippen LogP contribution in [0.3, 0.4) is 0 Å². The van der Waals surface area contributed by atoms with E-state index in [9.17, 15) is 4.39 Å². The van der Waals surface area contributed by atoms with Gasteiger partial charge in [-0.15, -0.1) is 0 Å². The topological polar surface area (TPSA) is 98.5 Å².